The number of Topliss-reactive ketones (excluding diaryl/α,β-unsaturated/α-hetero) is 1. The lowest BCUT2D eigenvalue weighted by Gasteiger charge is -2.11. The average molecular weight is 382 g/mol. The monoisotopic (exact) mass is 382 g/mol. The molecule has 0 aliphatic heterocycles. The molecular weight excluding hydrogens is 367 g/mol. The van der Waals surface area contributed by atoms with Gasteiger partial charge in [0.1, 0.15) is 15.2 Å². The maximum atomic E-state index is 12.3. The highest BCUT2D eigenvalue weighted by Crippen LogP contribution is 2.31. The van der Waals surface area contributed by atoms with Gasteiger partial charge in [0.05, 0.1) is 5.52 Å². The molecule has 1 aliphatic rings. The molecule has 2 N–H and O–H groups in total. The van der Waals surface area contributed by atoms with Gasteiger partial charge in [-0.2, -0.15) is 0 Å². The molecule has 1 fully saturated rings. The molecule has 0 spiro atoms. The summed E-state index contributed by atoms with van der Waals surface area (Å²) in [5, 5.41) is 0.632. The van der Waals surface area contributed by atoms with Crippen LogP contribution < -0.4 is 11.2 Å². The maximum Gasteiger partial charge on any atom is 0.204 e. The van der Waals surface area contributed by atoms with E-state index >= 15 is 0 Å². The van der Waals surface area contributed by atoms with Crippen LogP contribution >= 0.6 is 22.6 Å². The Bertz CT molecular complexity index is 776. The Morgan fingerprint density at radius 1 is 1.45 bits per heavy atom. The van der Waals surface area contributed by atoms with E-state index < -0.39 is 0 Å². The van der Waals surface area contributed by atoms with Crippen LogP contribution in [0.2, 0.25) is 0 Å². The molecule has 1 aliphatic carbocycles. The zero-order valence-corrected chi connectivity index (χ0v) is 13.3. The Hall–Kier alpha value is -1.37. The lowest BCUT2D eigenvalue weighted by atomic mass is 10.0. The van der Waals surface area contributed by atoms with Gasteiger partial charge in [0.25, 0.3) is 0 Å². The van der Waals surface area contributed by atoms with Crippen LogP contribution in [0.1, 0.15) is 18.4 Å². The molecule has 4 nitrogen and oxygen atoms in total. The Morgan fingerprint density at radius 3 is 2.80 bits per heavy atom. The van der Waals surface area contributed by atoms with E-state index in [9.17, 15) is 9.59 Å². The number of aryl methyl sites for hydroxylation is 1. The van der Waals surface area contributed by atoms with Gasteiger partial charge in [-0.3, -0.25) is 9.59 Å². The number of fused-ring (bicyclic) bond motifs is 1. The number of carbonyl (C=O) groups is 1. The Kier molecular flexibility index (Phi) is 3.32. The van der Waals surface area contributed by atoms with Crippen LogP contribution in [-0.2, 0) is 18.3 Å². The van der Waals surface area contributed by atoms with E-state index in [4.69, 9.17) is 5.73 Å². The highest BCUT2D eigenvalue weighted by molar-refractivity contribution is 14.1. The third-order valence-corrected chi connectivity index (χ3v) is 4.91. The first kappa shape index (κ1) is 13.6. The number of hydrogen-bond donors (Lipinski definition) is 1. The number of pyridine rings is 1. The summed E-state index contributed by atoms with van der Waals surface area (Å²) < 4.78 is 2.34. The van der Waals surface area contributed by atoms with Crippen LogP contribution in [0.4, 0.5) is 5.82 Å². The van der Waals surface area contributed by atoms with Crippen molar-refractivity contribution >= 4 is 45.1 Å². The van der Waals surface area contributed by atoms with E-state index in [-0.39, 0.29) is 17.1 Å². The van der Waals surface area contributed by atoms with Gasteiger partial charge in [-0.15, -0.1) is 0 Å². The predicted octanol–water partition coefficient (Wildman–Crippen LogP) is 2.25. The summed E-state index contributed by atoms with van der Waals surface area (Å²) in [6.45, 7) is 0. The Balaban J connectivity index is 2.10. The molecule has 1 aromatic carbocycles. The van der Waals surface area contributed by atoms with Crippen molar-refractivity contribution < 1.29 is 4.79 Å². The van der Waals surface area contributed by atoms with Gasteiger partial charge < -0.3 is 10.3 Å². The molecule has 5 heteroatoms. The standard InChI is InChI=1S/C15H15IN2O2/c1-18-11-5-2-8(7-12(19)9-3-4-9)6-10(11)14(20)13(16)15(18)17/h2,5-6,9H,3-4,7,17H2,1H3. The molecule has 0 saturated heterocycles. The largest absolute Gasteiger partial charge is 0.384 e. The number of anilines is 1. The normalized spacial score (nSPS) is 14.7. The van der Waals surface area contributed by atoms with Gasteiger partial charge in [-0.1, -0.05) is 6.07 Å². The van der Waals surface area contributed by atoms with Crippen molar-refractivity contribution in [1.82, 2.24) is 4.57 Å². The fourth-order valence-electron chi connectivity index (χ4n) is 2.43. The first-order valence-corrected chi connectivity index (χ1v) is 7.66. The highest BCUT2D eigenvalue weighted by Gasteiger charge is 2.29. The molecule has 0 amide bonds. The number of benzene rings is 1. The minimum Gasteiger partial charge on any atom is -0.384 e. The molecule has 0 bridgehead atoms. The number of hydrogen-bond acceptors (Lipinski definition) is 3. The van der Waals surface area contributed by atoms with Crippen LogP contribution in [0.5, 0.6) is 0 Å². The van der Waals surface area contributed by atoms with E-state index in [2.05, 4.69) is 0 Å². The van der Waals surface area contributed by atoms with Gasteiger partial charge in [0.15, 0.2) is 0 Å². The van der Waals surface area contributed by atoms with Gasteiger partial charge in [-0.05, 0) is 53.1 Å². The van der Waals surface area contributed by atoms with E-state index in [0.717, 1.165) is 23.9 Å². The number of nitrogens with two attached hydrogens (primary N) is 1. The van der Waals surface area contributed by atoms with Crippen molar-refractivity contribution in [2.75, 3.05) is 5.73 Å². The van der Waals surface area contributed by atoms with Gasteiger partial charge in [-0.25, -0.2) is 0 Å². The van der Waals surface area contributed by atoms with Crippen molar-refractivity contribution in [3.8, 4) is 0 Å². The summed E-state index contributed by atoms with van der Waals surface area (Å²) in [5.41, 5.74) is 7.57. The van der Waals surface area contributed by atoms with Crippen molar-refractivity contribution in [3.05, 3.63) is 37.6 Å². The van der Waals surface area contributed by atoms with E-state index in [1.807, 2.05) is 52.4 Å². The molecule has 0 unspecified atom stereocenters. The molecule has 1 saturated carbocycles. The van der Waals surface area contributed by atoms with E-state index in [1.54, 1.807) is 0 Å². The molecule has 0 atom stereocenters. The average Bonchev–Trinajstić information content (AvgIpc) is 3.27. The second-order valence-electron chi connectivity index (χ2n) is 5.36. The fraction of sp³-hybridized carbons (Fsp3) is 0.333. The van der Waals surface area contributed by atoms with Crippen LogP contribution in [0.3, 0.4) is 0 Å². The highest BCUT2D eigenvalue weighted by atomic mass is 127. The molecule has 3 rings (SSSR count). The summed E-state index contributed by atoms with van der Waals surface area (Å²) in [6.07, 6.45) is 2.45. The smallest absolute Gasteiger partial charge is 0.204 e. The molecule has 104 valence electrons. The zero-order chi connectivity index (χ0) is 14.4. The molecule has 0 radical (unpaired) electrons. The van der Waals surface area contributed by atoms with Gasteiger partial charge >= 0.3 is 0 Å². The van der Waals surface area contributed by atoms with Crippen LogP contribution in [0.15, 0.2) is 23.0 Å². The first-order chi connectivity index (χ1) is 9.49. The van der Waals surface area contributed by atoms with E-state index in [0.29, 0.717) is 21.2 Å². The van der Waals surface area contributed by atoms with Gasteiger partial charge in [0.2, 0.25) is 5.43 Å². The number of rotatable bonds is 3. The van der Waals surface area contributed by atoms with Crippen LogP contribution in [0.25, 0.3) is 10.9 Å². The minimum atomic E-state index is -0.0584. The van der Waals surface area contributed by atoms with Crippen molar-refractivity contribution in [2.45, 2.75) is 19.3 Å². The summed E-state index contributed by atoms with van der Waals surface area (Å²) in [5.74, 6) is 1.01. The predicted molar refractivity (Wildman–Crippen MR) is 87.8 cm³/mol. The van der Waals surface area contributed by atoms with Crippen LogP contribution in [-0.4, -0.2) is 10.4 Å². The number of aromatic nitrogens is 1. The third-order valence-electron chi connectivity index (χ3n) is 3.86. The Morgan fingerprint density at radius 2 is 2.15 bits per heavy atom. The van der Waals surface area contributed by atoms with Crippen molar-refractivity contribution in [2.24, 2.45) is 13.0 Å². The quantitative estimate of drug-likeness (QED) is 0.829. The van der Waals surface area contributed by atoms with Crippen LogP contribution in [0, 0.1) is 9.49 Å². The summed E-state index contributed by atoms with van der Waals surface area (Å²) in [7, 11) is 1.84. The molecular formula is C15H15IN2O2. The number of nitrogen functional groups attached to an aromatic ring is 1. The lowest BCUT2D eigenvalue weighted by molar-refractivity contribution is -0.119. The fourth-order valence-corrected chi connectivity index (χ4v) is 3.08. The number of ketones is 1. The number of halogens is 1. The Labute approximate surface area is 130 Å². The summed E-state index contributed by atoms with van der Waals surface area (Å²) in [6, 6.07) is 5.62. The molecule has 2 aromatic rings. The first-order valence-electron chi connectivity index (χ1n) is 6.58. The SMILES string of the molecule is Cn1c(N)c(I)c(=O)c2cc(CC(=O)C3CC3)ccc21. The molecule has 20 heavy (non-hydrogen) atoms. The second-order valence-corrected chi connectivity index (χ2v) is 6.43. The van der Waals surface area contributed by atoms with Crippen molar-refractivity contribution in [3.63, 3.8) is 0 Å². The zero-order valence-electron chi connectivity index (χ0n) is 11.1. The second kappa shape index (κ2) is 4.87. The summed E-state index contributed by atoms with van der Waals surface area (Å²) >= 11 is 1.98. The maximum absolute atomic E-state index is 12.3. The topological polar surface area (TPSA) is 65.1 Å². The van der Waals surface area contributed by atoms with E-state index in [1.165, 1.54) is 0 Å². The molecule has 1 aromatic heterocycles. The molecule has 1 heterocycles. The van der Waals surface area contributed by atoms with Gasteiger partial charge in [0, 0.05) is 24.8 Å². The van der Waals surface area contributed by atoms with Crippen molar-refractivity contribution in [1.29, 1.82) is 0 Å². The minimum absolute atomic E-state index is 0.0584. The number of nitrogens with zero attached hydrogens (tertiary/aromatic N) is 1. The lowest BCUT2D eigenvalue weighted by Crippen LogP contribution is -2.16. The number of carbonyl (C=O) groups excluding carboxylic acids is 1. The third kappa shape index (κ3) is 2.24. The summed E-state index contributed by atoms with van der Waals surface area (Å²) in [4.78, 5) is 24.2.